The summed E-state index contributed by atoms with van der Waals surface area (Å²) in [5, 5.41) is 0. The molecule has 2 aromatic rings. The zero-order valence-corrected chi connectivity index (χ0v) is 9.20. The summed E-state index contributed by atoms with van der Waals surface area (Å²) in [6.45, 7) is 8.67. The van der Waals surface area contributed by atoms with Gasteiger partial charge in [-0.2, -0.15) is 0 Å². The Labute approximate surface area is 84.2 Å². The first-order valence-electron chi connectivity index (χ1n) is 5.15. The Bertz CT molecular complexity index is 365. The van der Waals surface area contributed by atoms with Gasteiger partial charge in [0.1, 0.15) is 0 Å². The van der Waals surface area contributed by atoms with Gasteiger partial charge in [0.2, 0.25) is 5.78 Å². The van der Waals surface area contributed by atoms with Gasteiger partial charge in [-0.25, -0.2) is 4.98 Å². The highest BCUT2D eigenvalue weighted by molar-refractivity contribution is 5.34. The van der Waals surface area contributed by atoms with Crippen LogP contribution in [0.3, 0.4) is 0 Å². The minimum Gasteiger partial charge on any atom is -0.327 e. The largest absolute Gasteiger partial charge is 0.327 e. The SMILES string of the molecule is CC(C)c1cn2cc(C(C)C)[nH]c2n1. The summed E-state index contributed by atoms with van der Waals surface area (Å²) >= 11 is 0. The molecule has 0 aliphatic carbocycles. The molecule has 0 spiro atoms. The molecule has 14 heavy (non-hydrogen) atoms. The maximum Gasteiger partial charge on any atom is 0.211 e. The number of H-pyrrole nitrogens is 1. The third-order valence-electron chi connectivity index (χ3n) is 2.50. The predicted octanol–water partition coefficient (Wildman–Crippen LogP) is 2.91. The quantitative estimate of drug-likeness (QED) is 0.777. The average molecular weight is 191 g/mol. The third-order valence-corrected chi connectivity index (χ3v) is 2.50. The summed E-state index contributed by atoms with van der Waals surface area (Å²) in [6.07, 6.45) is 4.22. The molecule has 0 aliphatic heterocycles. The lowest BCUT2D eigenvalue weighted by Crippen LogP contribution is -1.89. The van der Waals surface area contributed by atoms with E-state index in [0.717, 1.165) is 11.5 Å². The minimum atomic E-state index is 0.491. The Kier molecular flexibility index (Phi) is 2.10. The van der Waals surface area contributed by atoms with Crippen molar-refractivity contribution in [2.45, 2.75) is 39.5 Å². The van der Waals surface area contributed by atoms with Gasteiger partial charge in [-0.15, -0.1) is 0 Å². The molecule has 0 radical (unpaired) electrons. The van der Waals surface area contributed by atoms with Gasteiger partial charge in [0, 0.05) is 18.1 Å². The van der Waals surface area contributed by atoms with Gasteiger partial charge in [0.25, 0.3) is 0 Å². The van der Waals surface area contributed by atoms with Gasteiger partial charge in [0.05, 0.1) is 5.69 Å². The molecule has 0 fully saturated rings. The smallest absolute Gasteiger partial charge is 0.211 e. The van der Waals surface area contributed by atoms with Crippen LogP contribution in [0.4, 0.5) is 0 Å². The molecule has 0 atom stereocenters. The Balaban J connectivity index is 2.45. The number of nitrogens with zero attached hydrogens (tertiary/aromatic N) is 2. The van der Waals surface area contributed by atoms with Gasteiger partial charge in [-0.05, 0) is 11.8 Å². The molecule has 3 nitrogen and oxygen atoms in total. The number of aromatic nitrogens is 3. The van der Waals surface area contributed by atoms with Crippen LogP contribution >= 0.6 is 0 Å². The Morgan fingerprint density at radius 1 is 1.14 bits per heavy atom. The van der Waals surface area contributed by atoms with Crippen LogP contribution in [0, 0.1) is 0 Å². The molecule has 0 saturated carbocycles. The van der Waals surface area contributed by atoms with E-state index in [-0.39, 0.29) is 0 Å². The fourth-order valence-corrected chi connectivity index (χ4v) is 1.49. The van der Waals surface area contributed by atoms with Gasteiger partial charge in [-0.1, -0.05) is 27.7 Å². The Morgan fingerprint density at radius 2 is 1.86 bits per heavy atom. The van der Waals surface area contributed by atoms with Crippen LogP contribution in [0.2, 0.25) is 0 Å². The summed E-state index contributed by atoms with van der Waals surface area (Å²) in [7, 11) is 0. The van der Waals surface area contributed by atoms with Crippen molar-refractivity contribution < 1.29 is 0 Å². The zero-order valence-electron chi connectivity index (χ0n) is 9.20. The number of nitrogens with one attached hydrogen (secondary N) is 1. The average Bonchev–Trinajstić information content (AvgIpc) is 2.57. The molecule has 76 valence electrons. The number of hydrogen-bond donors (Lipinski definition) is 1. The van der Waals surface area contributed by atoms with E-state index in [1.54, 1.807) is 0 Å². The Hall–Kier alpha value is -1.25. The molecule has 0 bridgehead atoms. The van der Waals surface area contributed by atoms with Gasteiger partial charge >= 0.3 is 0 Å². The summed E-state index contributed by atoms with van der Waals surface area (Å²) in [5.74, 6) is 1.97. The molecule has 1 N–H and O–H groups in total. The zero-order chi connectivity index (χ0) is 10.3. The van der Waals surface area contributed by atoms with E-state index in [4.69, 9.17) is 0 Å². The topological polar surface area (TPSA) is 33.1 Å². The number of fused-ring (bicyclic) bond motifs is 1. The molecular weight excluding hydrogens is 174 g/mol. The maximum atomic E-state index is 4.52. The summed E-state index contributed by atoms with van der Waals surface area (Å²) in [6, 6.07) is 0. The summed E-state index contributed by atoms with van der Waals surface area (Å²) < 4.78 is 2.07. The molecular formula is C11H17N3. The van der Waals surface area contributed by atoms with Crippen LogP contribution in [0.5, 0.6) is 0 Å². The summed E-state index contributed by atoms with van der Waals surface area (Å²) in [4.78, 5) is 7.84. The molecule has 0 unspecified atom stereocenters. The number of aromatic amines is 1. The van der Waals surface area contributed by atoms with Crippen LogP contribution in [-0.4, -0.2) is 14.4 Å². The first-order chi connectivity index (χ1) is 6.58. The van der Waals surface area contributed by atoms with Crippen molar-refractivity contribution >= 4 is 5.78 Å². The van der Waals surface area contributed by atoms with Crippen molar-refractivity contribution in [2.24, 2.45) is 0 Å². The minimum absolute atomic E-state index is 0.491. The maximum absolute atomic E-state index is 4.52. The van der Waals surface area contributed by atoms with Crippen molar-refractivity contribution in [3.8, 4) is 0 Å². The fourth-order valence-electron chi connectivity index (χ4n) is 1.49. The highest BCUT2D eigenvalue weighted by Gasteiger charge is 2.09. The third kappa shape index (κ3) is 1.43. The van der Waals surface area contributed by atoms with E-state index in [0.29, 0.717) is 11.8 Å². The number of hydrogen-bond acceptors (Lipinski definition) is 1. The van der Waals surface area contributed by atoms with Crippen molar-refractivity contribution in [1.29, 1.82) is 0 Å². The molecule has 0 amide bonds. The first-order valence-corrected chi connectivity index (χ1v) is 5.15. The fraction of sp³-hybridized carbons (Fsp3) is 0.545. The molecule has 2 rings (SSSR count). The molecule has 0 aliphatic rings. The number of rotatable bonds is 2. The van der Waals surface area contributed by atoms with Gasteiger partial charge < -0.3 is 4.98 Å². The molecule has 0 aromatic carbocycles. The highest BCUT2D eigenvalue weighted by atomic mass is 15.1. The second kappa shape index (κ2) is 3.15. The van der Waals surface area contributed by atoms with Gasteiger partial charge in [-0.3, -0.25) is 4.40 Å². The molecule has 3 heteroatoms. The predicted molar refractivity (Wildman–Crippen MR) is 57.7 cm³/mol. The van der Waals surface area contributed by atoms with E-state index in [9.17, 15) is 0 Å². The van der Waals surface area contributed by atoms with Crippen molar-refractivity contribution in [2.75, 3.05) is 0 Å². The standard InChI is InChI=1S/C11H17N3/c1-7(2)9-5-14-6-10(8(3)4)13-11(14)12-9/h5-8H,1-4H3,(H,12,13). The van der Waals surface area contributed by atoms with E-state index >= 15 is 0 Å². The Morgan fingerprint density at radius 3 is 2.36 bits per heavy atom. The summed E-state index contributed by atoms with van der Waals surface area (Å²) in [5.41, 5.74) is 2.38. The van der Waals surface area contributed by atoms with E-state index in [1.807, 2.05) is 0 Å². The molecule has 2 heterocycles. The van der Waals surface area contributed by atoms with Crippen LogP contribution in [-0.2, 0) is 0 Å². The van der Waals surface area contributed by atoms with Crippen molar-refractivity contribution in [3.05, 3.63) is 23.8 Å². The highest BCUT2D eigenvalue weighted by Crippen LogP contribution is 2.17. The normalized spacial score (nSPS) is 12.1. The second-order valence-electron chi connectivity index (χ2n) is 4.42. The van der Waals surface area contributed by atoms with Crippen molar-refractivity contribution in [1.82, 2.24) is 14.4 Å². The lowest BCUT2D eigenvalue weighted by molar-refractivity contribution is 0.818. The molecule has 0 saturated heterocycles. The lowest BCUT2D eigenvalue weighted by atomic mass is 10.1. The monoisotopic (exact) mass is 191 g/mol. The van der Waals surface area contributed by atoms with E-state index in [2.05, 4.69) is 54.5 Å². The van der Waals surface area contributed by atoms with E-state index in [1.165, 1.54) is 5.69 Å². The second-order valence-corrected chi connectivity index (χ2v) is 4.42. The van der Waals surface area contributed by atoms with Crippen LogP contribution in [0.1, 0.15) is 50.9 Å². The van der Waals surface area contributed by atoms with Crippen LogP contribution in [0.15, 0.2) is 12.4 Å². The lowest BCUT2D eigenvalue weighted by Gasteiger charge is -1.98. The van der Waals surface area contributed by atoms with E-state index < -0.39 is 0 Å². The molecule has 2 aromatic heterocycles. The number of imidazole rings is 2. The first kappa shape index (κ1) is 9.31. The van der Waals surface area contributed by atoms with Crippen LogP contribution in [0.25, 0.3) is 5.78 Å². The van der Waals surface area contributed by atoms with Crippen molar-refractivity contribution in [3.63, 3.8) is 0 Å². The van der Waals surface area contributed by atoms with Gasteiger partial charge in [0.15, 0.2) is 0 Å². The van der Waals surface area contributed by atoms with Crippen LogP contribution < -0.4 is 0 Å².